The number of nitrogens with zero attached hydrogens (tertiary/aromatic N) is 2. The fourth-order valence-electron chi connectivity index (χ4n) is 7.63. The van der Waals surface area contributed by atoms with E-state index in [-0.39, 0.29) is 24.0 Å². The maximum absolute atomic E-state index is 12.8. The van der Waals surface area contributed by atoms with Crippen molar-refractivity contribution >= 4 is 17.9 Å². The number of hydrogen-bond acceptors (Lipinski definition) is 8. The van der Waals surface area contributed by atoms with Gasteiger partial charge in [-0.15, -0.1) is 0 Å². The summed E-state index contributed by atoms with van der Waals surface area (Å²) in [6.45, 7) is 11.4. The predicted molar refractivity (Wildman–Crippen MR) is 245 cm³/mol. The van der Waals surface area contributed by atoms with Gasteiger partial charge in [0.15, 0.2) is 0 Å². The molecule has 0 heterocycles. The third-order valence-corrected chi connectivity index (χ3v) is 11.4. The van der Waals surface area contributed by atoms with E-state index in [1.54, 1.807) is 0 Å². The fraction of sp³-hybridized carbons (Fsp3) is 0.940. The molecule has 0 aliphatic carbocycles. The molecule has 0 aromatic heterocycles. The molecule has 8 heteroatoms. The highest BCUT2D eigenvalue weighted by molar-refractivity contribution is 5.70. The Hall–Kier alpha value is -1.67. The second-order valence-corrected chi connectivity index (χ2v) is 17.6. The second-order valence-electron chi connectivity index (χ2n) is 17.6. The summed E-state index contributed by atoms with van der Waals surface area (Å²) in [5.41, 5.74) is 0. The van der Waals surface area contributed by atoms with Crippen LogP contribution in [0.1, 0.15) is 245 Å². The highest BCUT2D eigenvalue weighted by Crippen LogP contribution is 2.19. The predicted octanol–water partition coefficient (Wildman–Crippen LogP) is 13.6. The van der Waals surface area contributed by atoms with Gasteiger partial charge in [-0.2, -0.15) is 0 Å². The van der Waals surface area contributed by atoms with Crippen LogP contribution in [0.25, 0.3) is 0 Å². The Morgan fingerprint density at radius 3 is 1.24 bits per heavy atom. The molecule has 344 valence electrons. The van der Waals surface area contributed by atoms with Crippen LogP contribution in [0, 0.1) is 0 Å². The molecule has 0 radical (unpaired) electrons. The molecule has 0 unspecified atom stereocenters. The van der Waals surface area contributed by atoms with Crippen molar-refractivity contribution in [2.24, 2.45) is 0 Å². The summed E-state index contributed by atoms with van der Waals surface area (Å²) in [4.78, 5) is 41.8. The Morgan fingerprint density at radius 2 is 0.759 bits per heavy atom. The van der Waals surface area contributed by atoms with E-state index in [9.17, 15) is 14.4 Å². The highest BCUT2D eigenvalue weighted by Gasteiger charge is 2.15. The summed E-state index contributed by atoms with van der Waals surface area (Å²) in [6.07, 6.45) is 39.1. The van der Waals surface area contributed by atoms with E-state index in [0.29, 0.717) is 32.5 Å². The van der Waals surface area contributed by atoms with E-state index < -0.39 is 0 Å². The zero-order valence-corrected chi connectivity index (χ0v) is 39.4. The molecule has 0 amide bonds. The number of ether oxygens (including phenoxy) is 3. The number of rotatable bonds is 46. The van der Waals surface area contributed by atoms with Gasteiger partial charge in [0.05, 0.1) is 6.61 Å². The highest BCUT2D eigenvalue weighted by atomic mass is 16.5. The van der Waals surface area contributed by atoms with Gasteiger partial charge in [-0.3, -0.25) is 19.3 Å². The Morgan fingerprint density at radius 1 is 0.379 bits per heavy atom. The first-order valence-corrected chi connectivity index (χ1v) is 25.2. The molecule has 0 atom stereocenters. The summed E-state index contributed by atoms with van der Waals surface area (Å²) in [5, 5.41) is 0. The van der Waals surface area contributed by atoms with Crippen molar-refractivity contribution in [2.75, 3.05) is 53.5 Å². The number of hydrogen-bond donors (Lipinski definition) is 0. The largest absolute Gasteiger partial charge is 0.466 e. The van der Waals surface area contributed by atoms with Crippen molar-refractivity contribution < 1.29 is 28.6 Å². The van der Waals surface area contributed by atoms with E-state index in [4.69, 9.17) is 14.2 Å². The molecule has 8 nitrogen and oxygen atoms in total. The Labute approximate surface area is 360 Å². The first-order chi connectivity index (χ1) is 28.3. The van der Waals surface area contributed by atoms with Gasteiger partial charge in [0, 0.05) is 25.8 Å². The molecule has 0 N–H and O–H groups in total. The van der Waals surface area contributed by atoms with Gasteiger partial charge in [-0.05, 0) is 97.9 Å². The lowest BCUT2D eigenvalue weighted by atomic mass is 10.0. The van der Waals surface area contributed by atoms with E-state index in [0.717, 1.165) is 122 Å². The van der Waals surface area contributed by atoms with Crippen LogP contribution < -0.4 is 0 Å². The molecule has 0 fully saturated rings. The van der Waals surface area contributed by atoms with Crippen LogP contribution >= 0.6 is 0 Å². The molecular formula is C50H98N2O6. The second kappa shape index (κ2) is 44.9. The van der Waals surface area contributed by atoms with Gasteiger partial charge in [-0.25, -0.2) is 0 Å². The molecule has 0 saturated heterocycles. The minimum absolute atomic E-state index is 0.00291. The lowest BCUT2D eigenvalue weighted by Gasteiger charge is -2.22. The summed E-state index contributed by atoms with van der Waals surface area (Å²) < 4.78 is 17.1. The lowest BCUT2D eigenvalue weighted by molar-refractivity contribution is -0.150. The van der Waals surface area contributed by atoms with Gasteiger partial charge < -0.3 is 19.1 Å². The van der Waals surface area contributed by atoms with Crippen molar-refractivity contribution in [1.82, 2.24) is 9.80 Å². The van der Waals surface area contributed by atoms with Crippen molar-refractivity contribution in [3.63, 3.8) is 0 Å². The van der Waals surface area contributed by atoms with Crippen LogP contribution in [-0.4, -0.2) is 87.3 Å². The first-order valence-electron chi connectivity index (χ1n) is 25.2. The number of carbonyl (C=O) groups is 3. The normalized spacial score (nSPS) is 11.6. The SMILES string of the molecule is CCCCCCCCCOC(=O)CCCCCCCN(CCCCCCCC(=O)OC(CCCCCCCC)CCCCCCCC)CCOC(=O)CCCN(C)C. The lowest BCUT2D eigenvalue weighted by Crippen LogP contribution is -2.30. The number of unbranched alkanes of at least 4 members (excludes halogenated alkanes) is 24. The zero-order chi connectivity index (χ0) is 42.6. The maximum atomic E-state index is 12.8. The fourth-order valence-corrected chi connectivity index (χ4v) is 7.63. The van der Waals surface area contributed by atoms with Gasteiger partial charge in [0.2, 0.25) is 0 Å². The molecule has 0 aromatic carbocycles. The van der Waals surface area contributed by atoms with E-state index in [1.165, 1.54) is 109 Å². The Bertz CT molecular complexity index is 883. The van der Waals surface area contributed by atoms with E-state index in [1.807, 2.05) is 14.1 Å². The minimum atomic E-state index is -0.0996. The zero-order valence-electron chi connectivity index (χ0n) is 39.4. The van der Waals surface area contributed by atoms with Crippen molar-refractivity contribution in [3.8, 4) is 0 Å². The number of esters is 3. The van der Waals surface area contributed by atoms with Gasteiger partial charge in [0.25, 0.3) is 0 Å². The summed E-state index contributed by atoms with van der Waals surface area (Å²) in [5.74, 6) is -0.139. The standard InChI is InChI=1S/C50H98N2O6/c1-6-9-12-15-18-27-34-45-56-48(53)38-30-23-19-25-32-42-52(44-46-57-49(54)40-35-41-51(4)5)43-33-26-20-24-31-39-50(55)58-47(36-28-21-16-13-10-7-2)37-29-22-17-14-11-8-3/h47H,6-46H2,1-5H3. The van der Waals surface area contributed by atoms with Crippen LogP contribution in [0.5, 0.6) is 0 Å². The van der Waals surface area contributed by atoms with Crippen LogP contribution in [0.4, 0.5) is 0 Å². The molecule has 0 aliphatic heterocycles. The monoisotopic (exact) mass is 823 g/mol. The van der Waals surface area contributed by atoms with Crippen molar-refractivity contribution in [3.05, 3.63) is 0 Å². The van der Waals surface area contributed by atoms with Crippen LogP contribution in [0.2, 0.25) is 0 Å². The van der Waals surface area contributed by atoms with Crippen molar-refractivity contribution in [1.29, 1.82) is 0 Å². The first kappa shape index (κ1) is 56.3. The maximum Gasteiger partial charge on any atom is 0.306 e. The summed E-state index contributed by atoms with van der Waals surface area (Å²) in [7, 11) is 4.05. The molecular weight excluding hydrogens is 725 g/mol. The van der Waals surface area contributed by atoms with Crippen LogP contribution in [-0.2, 0) is 28.6 Å². The molecule has 0 aromatic rings. The topological polar surface area (TPSA) is 85.4 Å². The van der Waals surface area contributed by atoms with E-state index in [2.05, 4.69) is 30.6 Å². The molecule has 0 rings (SSSR count). The van der Waals surface area contributed by atoms with Crippen LogP contribution in [0.15, 0.2) is 0 Å². The van der Waals surface area contributed by atoms with Gasteiger partial charge in [0.1, 0.15) is 12.7 Å². The molecule has 0 aliphatic rings. The average Bonchev–Trinajstić information content (AvgIpc) is 3.20. The van der Waals surface area contributed by atoms with Crippen molar-refractivity contribution in [2.45, 2.75) is 252 Å². The third kappa shape index (κ3) is 42.5. The third-order valence-electron chi connectivity index (χ3n) is 11.4. The smallest absolute Gasteiger partial charge is 0.306 e. The Balaban J connectivity index is 4.44. The van der Waals surface area contributed by atoms with Crippen LogP contribution in [0.3, 0.4) is 0 Å². The van der Waals surface area contributed by atoms with Gasteiger partial charge >= 0.3 is 17.9 Å². The minimum Gasteiger partial charge on any atom is -0.466 e. The van der Waals surface area contributed by atoms with Gasteiger partial charge in [-0.1, -0.05) is 162 Å². The summed E-state index contributed by atoms with van der Waals surface area (Å²) in [6, 6.07) is 0. The molecule has 0 bridgehead atoms. The molecule has 58 heavy (non-hydrogen) atoms. The summed E-state index contributed by atoms with van der Waals surface area (Å²) >= 11 is 0. The molecule has 0 saturated carbocycles. The van der Waals surface area contributed by atoms with E-state index >= 15 is 0 Å². The quantitative estimate of drug-likeness (QED) is 0.0341. The number of carbonyl (C=O) groups excluding carboxylic acids is 3. The Kier molecular flexibility index (Phi) is 43.6. The molecule has 0 spiro atoms. The average molecular weight is 823 g/mol.